The summed E-state index contributed by atoms with van der Waals surface area (Å²) in [6.07, 6.45) is 2.17. The van der Waals surface area contributed by atoms with Crippen LogP contribution in [0.2, 0.25) is 4.34 Å². The first kappa shape index (κ1) is 21.6. The first-order valence-electron chi connectivity index (χ1n) is 8.97. The van der Waals surface area contributed by atoms with Crippen LogP contribution in [0.15, 0.2) is 16.3 Å². The smallest absolute Gasteiger partial charge is 0.252 e. The van der Waals surface area contributed by atoms with E-state index in [-0.39, 0.29) is 22.0 Å². The minimum Gasteiger partial charge on any atom is -0.382 e. The third kappa shape index (κ3) is 5.66. The fraction of sp³-hybridized carbons (Fsp3) is 0.706. The summed E-state index contributed by atoms with van der Waals surface area (Å²) in [5, 5.41) is 2.94. The molecule has 1 aliphatic rings. The summed E-state index contributed by atoms with van der Waals surface area (Å²) >= 11 is 6.93. The highest BCUT2D eigenvalue weighted by Crippen LogP contribution is 2.32. The zero-order valence-corrected chi connectivity index (χ0v) is 17.6. The van der Waals surface area contributed by atoms with E-state index in [1.54, 1.807) is 12.1 Å². The second kappa shape index (κ2) is 10.0. The lowest BCUT2D eigenvalue weighted by Crippen LogP contribution is -2.42. The highest BCUT2D eigenvalue weighted by atomic mass is 35.5. The van der Waals surface area contributed by atoms with Crippen LogP contribution < -0.4 is 5.32 Å². The lowest BCUT2D eigenvalue weighted by atomic mass is 9.85. The third-order valence-electron chi connectivity index (χ3n) is 4.73. The van der Waals surface area contributed by atoms with Crippen LogP contribution in [0.4, 0.5) is 0 Å². The fourth-order valence-corrected chi connectivity index (χ4v) is 6.19. The maximum Gasteiger partial charge on any atom is 0.252 e. The molecular formula is C17H27ClN2O4S2. The molecule has 6 nitrogen and oxygen atoms in total. The molecule has 0 aromatic carbocycles. The molecule has 1 aliphatic heterocycles. The summed E-state index contributed by atoms with van der Waals surface area (Å²) in [6.45, 7) is 6.67. The number of ether oxygens (including phenoxy) is 1. The standard InChI is InChI=1S/C17H27ClN2O4S2/c1-3-24-12-4-9-19-17(21)13(2)14-7-10-20(11-8-14)26(22,23)16-6-5-15(18)25-16/h5-6,13-14H,3-4,7-12H2,1-2H3,(H,19,21)/t13-/m1/s1. The van der Waals surface area contributed by atoms with Crippen LogP contribution in [-0.4, -0.2) is 51.5 Å². The van der Waals surface area contributed by atoms with Gasteiger partial charge in [-0.1, -0.05) is 18.5 Å². The van der Waals surface area contributed by atoms with Crippen LogP contribution in [-0.2, 0) is 19.6 Å². The van der Waals surface area contributed by atoms with Gasteiger partial charge < -0.3 is 10.1 Å². The predicted octanol–water partition coefficient (Wildman–Crippen LogP) is 2.98. The second-order valence-electron chi connectivity index (χ2n) is 6.43. The summed E-state index contributed by atoms with van der Waals surface area (Å²) in [6, 6.07) is 3.15. The Morgan fingerprint density at radius 3 is 2.69 bits per heavy atom. The highest BCUT2D eigenvalue weighted by molar-refractivity contribution is 7.91. The lowest BCUT2D eigenvalue weighted by Gasteiger charge is -2.33. The molecule has 1 aromatic rings. The van der Waals surface area contributed by atoms with Gasteiger partial charge in [-0.15, -0.1) is 11.3 Å². The molecule has 0 unspecified atom stereocenters. The van der Waals surface area contributed by atoms with Gasteiger partial charge in [0.05, 0.1) is 4.34 Å². The zero-order valence-electron chi connectivity index (χ0n) is 15.2. The molecule has 0 aliphatic carbocycles. The van der Waals surface area contributed by atoms with Crippen LogP contribution in [0.5, 0.6) is 0 Å². The first-order valence-corrected chi connectivity index (χ1v) is 11.6. The van der Waals surface area contributed by atoms with Crippen LogP contribution in [0, 0.1) is 11.8 Å². The molecule has 0 spiro atoms. The van der Waals surface area contributed by atoms with Crippen LogP contribution >= 0.6 is 22.9 Å². The normalized spacial score (nSPS) is 18.0. The summed E-state index contributed by atoms with van der Waals surface area (Å²) in [5.41, 5.74) is 0. The van der Waals surface area contributed by atoms with Crippen molar-refractivity contribution in [1.29, 1.82) is 0 Å². The van der Waals surface area contributed by atoms with Crippen molar-refractivity contribution in [3.05, 3.63) is 16.5 Å². The quantitative estimate of drug-likeness (QED) is 0.620. The van der Waals surface area contributed by atoms with Gasteiger partial charge in [0.15, 0.2) is 0 Å². The van der Waals surface area contributed by atoms with Gasteiger partial charge in [0.1, 0.15) is 4.21 Å². The Hall–Kier alpha value is -0.670. The fourth-order valence-electron chi connectivity index (χ4n) is 3.08. The van der Waals surface area contributed by atoms with Crippen LogP contribution in [0.1, 0.15) is 33.1 Å². The number of piperidine rings is 1. The van der Waals surface area contributed by atoms with Crippen LogP contribution in [0.3, 0.4) is 0 Å². The number of hydrogen-bond acceptors (Lipinski definition) is 5. The van der Waals surface area contributed by atoms with Crippen molar-refractivity contribution in [2.75, 3.05) is 32.8 Å². The Morgan fingerprint density at radius 2 is 2.12 bits per heavy atom. The Morgan fingerprint density at radius 1 is 1.42 bits per heavy atom. The molecule has 1 N–H and O–H groups in total. The minimum absolute atomic E-state index is 0.0350. The van der Waals surface area contributed by atoms with E-state index in [0.717, 1.165) is 17.8 Å². The number of nitrogens with one attached hydrogen (secondary N) is 1. The van der Waals surface area contributed by atoms with Crippen molar-refractivity contribution >= 4 is 38.9 Å². The first-order chi connectivity index (χ1) is 12.4. The Labute approximate surface area is 164 Å². The monoisotopic (exact) mass is 422 g/mol. The molecule has 1 saturated heterocycles. The van der Waals surface area contributed by atoms with Crippen molar-refractivity contribution in [2.24, 2.45) is 11.8 Å². The van der Waals surface area contributed by atoms with Gasteiger partial charge in [-0.3, -0.25) is 4.79 Å². The van der Waals surface area contributed by atoms with Gasteiger partial charge >= 0.3 is 0 Å². The number of rotatable bonds is 9. The predicted molar refractivity (Wildman–Crippen MR) is 104 cm³/mol. The number of carbonyl (C=O) groups excluding carboxylic acids is 1. The van der Waals surface area contributed by atoms with E-state index < -0.39 is 10.0 Å². The van der Waals surface area contributed by atoms with E-state index in [1.165, 1.54) is 4.31 Å². The molecule has 1 amide bonds. The SMILES string of the molecule is CCOCCCNC(=O)[C@H](C)C1CCN(S(=O)(=O)c2ccc(Cl)s2)CC1. The molecule has 0 radical (unpaired) electrons. The summed E-state index contributed by atoms with van der Waals surface area (Å²) in [7, 11) is -3.48. The molecule has 2 rings (SSSR count). The second-order valence-corrected chi connectivity index (χ2v) is 10.3. The van der Waals surface area contributed by atoms with Gasteiger partial charge in [-0.05, 0) is 44.2 Å². The van der Waals surface area contributed by atoms with Gasteiger partial charge in [-0.25, -0.2) is 8.42 Å². The number of carbonyl (C=O) groups is 1. The van der Waals surface area contributed by atoms with Crippen molar-refractivity contribution in [2.45, 2.75) is 37.3 Å². The van der Waals surface area contributed by atoms with Crippen molar-refractivity contribution in [1.82, 2.24) is 9.62 Å². The molecule has 26 heavy (non-hydrogen) atoms. The summed E-state index contributed by atoms with van der Waals surface area (Å²) < 4.78 is 32.7. The van der Waals surface area contributed by atoms with E-state index in [0.29, 0.717) is 50.0 Å². The molecular weight excluding hydrogens is 396 g/mol. The maximum atomic E-state index is 12.6. The van der Waals surface area contributed by atoms with Gasteiger partial charge in [0.2, 0.25) is 5.91 Å². The average Bonchev–Trinajstić information content (AvgIpc) is 3.08. The number of thiophene rings is 1. The molecule has 1 atom stereocenters. The maximum absolute atomic E-state index is 12.6. The minimum atomic E-state index is -3.48. The molecule has 0 bridgehead atoms. The summed E-state index contributed by atoms with van der Waals surface area (Å²) in [4.78, 5) is 12.3. The number of sulfonamides is 1. The highest BCUT2D eigenvalue weighted by Gasteiger charge is 2.33. The topological polar surface area (TPSA) is 75.7 Å². The Bertz CT molecular complexity index is 685. The lowest BCUT2D eigenvalue weighted by molar-refractivity contribution is -0.126. The van der Waals surface area contributed by atoms with E-state index in [9.17, 15) is 13.2 Å². The van der Waals surface area contributed by atoms with E-state index in [1.807, 2.05) is 13.8 Å². The van der Waals surface area contributed by atoms with Gasteiger partial charge in [0.25, 0.3) is 10.0 Å². The molecule has 2 heterocycles. The van der Waals surface area contributed by atoms with Crippen LogP contribution in [0.25, 0.3) is 0 Å². The Balaban J connectivity index is 1.81. The van der Waals surface area contributed by atoms with Crippen molar-refractivity contribution in [3.8, 4) is 0 Å². The molecule has 1 aromatic heterocycles. The van der Waals surface area contributed by atoms with Gasteiger partial charge in [-0.2, -0.15) is 4.31 Å². The van der Waals surface area contributed by atoms with Crippen molar-refractivity contribution < 1.29 is 17.9 Å². The zero-order chi connectivity index (χ0) is 19.2. The molecule has 0 saturated carbocycles. The number of halogens is 1. The van der Waals surface area contributed by atoms with Crippen molar-refractivity contribution in [3.63, 3.8) is 0 Å². The molecule has 148 valence electrons. The Kier molecular flexibility index (Phi) is 8.35. The van der Waals surface area contributed by atoms with E-state index >= 15 is 0 Å². The third-order valence-corrected chi connectivity index (χ3v) is 8.33. The number of nitrogens with zero attached hydrogens (tertiary/aromatic N) is 1. The number of amides is 1. The van der Waals surface area contributed by atoms with E-state index in [4.69, 9.17) is 16.3 Å². The van der Waals surface area contributed by atoms with Gasteiger partial charge in [0, 0.05) is 38.8 Å². The van der Waals surface area contributed by atoms with E-state index in [2.05, 4.69) is 5.32 Å². The largest absolute Gasteiger partial charge is 0.382 e. The molecule has 9 heteroatoms. The summed E-state index contributed by atoms with van der Waals surface area (Å²) in [5.74, 6) is 0.108. The molecule has 1 fully saturated rings. The number of hydrogen-bond donors (Lipinski definition) is 1. The average molecular weight is 423 g/mol.